The molecule has 0 saturated carbocycles. The van der Waals surface area contributed by atoms with E-state index < -0.39 is 0 Å². The molecule has 0 aliphatic heterocycles. The predicted molar refractivity (Wildman–Crippen MR) is 73.8 cm³/mol. The van der Waals surface area contributed by atoms with Crippen LogP contribution in [0.3, 0.4) is 0 Å². The Morgan fingerprint density at radius 1 is 1.00 bits per heavy atom. The number of carbonyl (C=O) groups is 1. The van der Waals surface area contributed by atoms with E-state index in [4.69, 9.17) is 14.2 Å². The van der Waals surface area contributed by atoms with Gasteiger partial charge in [-0.1, -0.05) is 0 Å². The molecule has 1 aromatic carbocycles. The number of hydrogen-bond acceptors (Lipinski definition) is 5. The van der Waals surface area contributed by atoms with Crippen LogP contribution in [0.4, 0.5) is 0 Å². The van der Waals surface area contributed by atoms with E-state index >= 15 is 0 Å². The van der Waals surface area contributed by atoms with Gasteiger partial charge in [0.05, 0.1) is 31.8 Å². The molecular weight excluding hydrogens is 264 g/mol. The van der Waals surface area contributed by atoms with Crippen molar-refractivity contribution in [3.05, 3.63) is 40.1 Å². The lowest BCUT2D eigenvalue weighted by Crippen LogP contribution is -2.02. The first kappa shape index (κ1) is 13.4. The maximum Gasteiger partial charge on any atom is 0.206 e. The number of thiophene rings is 1. The summed E-state index contributed by atoms with van der Waals surface area (Å²) < 4.78 is 15.4. The van der Waals surface area contributed by atoms with Crippen molar-refractivity contribution < 1.29 is 19.0 Å². The average molecular weight is 278 g/mol. The molecule has 0 amide bonds. The van der Waals surface area contributed by atoms with Crippen LogP contribution < -0.4 is 14.2 Å². The number of hydrogen-bond donors (Lipinski definition) is 0. The minimum Gasteiger partial charge on any atom is -0.497 e. The van der Waals surface area contributed by atoms with E-state index in [0.717, 1.165) is 0 Å². The molecule has 0 spiro atoms. The summed E-state index contributed by atoms with van der Waals surface area (Å²) >= 11 is 1.34. The zero-order chi connectivity index (χ0) is 13.8. The van der Waals surface area contributed by atoms with E-state index in [9.17, 15) is 4.79 Å². The maximum atomic E-state index is 12.4. The van der Waals surface area contributed by atoms with Crippen molar-refractivity contribution in [3.63, 3.8) is 0 Å². The largest absolute Gasteiger partial charge is 0.497 e. The van der Waals surface area contributed by atoms with Gasteiger partial charge in [0.2, 0.25) is 5.78 Å². The van der Waals surface area contributed by atoms with E-state index in [0.29, 0.717) is 27.7 Å². The third kappa shape index (κ3) is 2.71. The highest BCUT2D eigenvalue weighted by Gasteiger charge is 2.17. The molecule has 0 N–H and O–H groups in total. The summed E-state index contributed by atoms with van der Waals surface area (Å²) in [6.07, 6.45) is 0. The molecule has 0 fully saturated rings. The van der Waals surface area contributed by atoms with Crippen molar-refractivity contribution >= 4 is 17.1 Å². The van der Waals surface area contributed by atoms with Gasteiger partial charge in [-0.05, 0) is 18.2 Å². The van der Waals surface area contributed by atoms with Gasteiger partial charge < -0.3 is 14.2 Å². The zero-order valence-electron chi connectivity index (χ0n) is 10.9. The van der Waals surface area contributed by atoms with E-state index in [2.05, 4.69) is 0 Å². The SMILES string of the molecule is COc1csc(C(=O)c2cc(OC)ccc2OC)c1. The quantitative estimate of drug-likeness (QED) is 0.789. The Labute approximate surface area is 115 Å². The van der Waals surface area contributed by atoms with Crippen LogP contribution in [0.15, 0.2) is 29.6 Å². The third-order valence-corrected chi connectivity index (χ3v) is 3.59. The van der Waals surface area contributed by atoms with Gasteiger partial charge in [-0.2, -0.15) is 0 Å². The molecule has 0 aliphatic carbocycles. The number of rotatable bonds is 5. The van der Waals surface area contributed by atoms with Gasteiger partial charge in [-0.3, -0.25) is 4.79 Å². The fraction of sp³-hybridized carbons (Fsp3) is 0.214. The molecule has 0 radical (unpaired) electrons. The van der Waals surface area contributed by atoms with Crippen LogP contribution in [0.2, 0.25) is 0 Å². The van der Waals surface area contributed by atoms with Gasteiger partial charge in [0.25, 0.3) is 0 Å². The van der Waals surface area contributed by atoms with Gasteiger partial charge in [0.1, 0.15) is 17.2 Å². The number of benzene rings is 1. The summed E-state index contributed by atoms with van der Waals surface area (Å²) in [6.45, 7) is 0. The Morgan fingerprint density at radius 3 is 2.32 bits per heavy atom. The first-order valence-electron chi connectivity index (χ1n) is 5.59. The van der Waals surface area contributed by atoms with E-state index in [-0.39, 0.29) is 5.78 Å². The number of methoxy groups -OCH3 is 3. The lowest BCUT2D eigenvalue weighted by atomic mass is 10.1. The van der Waals surface area contributed by atoms with Crippen LogP contribution in [0.1, 0.15) is 15.2 Å². The molecule has 1 heterocycles. The Hall–Kier alpha value is -2.01. The molecule has 0 bridgehead atoms. The van der Waals surface area contributed by atoms with Crippen molar-refractivity contribution in [3.8, 4) is 17.2 Å². The van der Waals surface area contributed by atoms with Gasteiger partial charge >= 0.3 is 0 Å². The molecule has 0 unspecified atom stereocenters. The second-order valence-electron chi connectivity index (χ2n) is 3.75. The highest BCUT2D eigenvalue weighted by Crippen LogP contribution is 2.30. The van der Waals surface area contributed by atoms with Crippen molar-refractivity contribution in [2.75, 3.05) is 21.3 Å². The molecule has 100 valence electrons. The Balaban J connectivity index is 2.41. The smallest absolute Gasteiger partial charge is 0.206 e. The Kier molecular flexibility index (Phi) is 4.06. The monoisotopic (exact) mass is 278 g/mol. The minimum atomic E-state index is -0.107. The summed E-state index contributed by atoms with van der Waals surface area (Å²) in [5, 5.41) is 1.79. The molecule has 2 aromatic rings. The molecule has 1 aromatic heterocycles. The number of ether oxygens (including phenoxy) is 3. The molecule has 2 rings (SSSR count). The standard InChI is InChI=1S/C14H14O4S/c1-16-9-4-5-12(18-3)11(6-9)14(15)13-7-10(17-2)8-19-13/h4-8H,1-3H3. The highest BCUT2D eigenvalue weighted by molar-refractivity contribution is 7.12. The van der Waals surface area contributed by atoms with Gasteiger partial charge in [0, 0.05) is 11.4 Å². The van der Waals surface area contributed by atoms with Gasteiger partial charge in [-0.15, -0.1) is 11.3 Å². The molecular formula is C14H14O4S. The van der Waals surface area contributed by atoms with E-state index in [1.54, 1.807) is 43.9 Å². The average Bonchev–Trinajstić information content (AvgIpc) is 2.94. The first-order chi connectivity index (χ1) is 9.19. The predicted octanol–water partition coefficient (Wildman–Crippen LogP) is 3.00. The maximum absolute atomic E-state index is 12.4. The molecule has 19 heavy (non-hydrogen) atoms. The molecule has 0 atom stereocenters. The highest BCUT2D eigenvalue weighted by atomic mass is 32.1. The van der Waals surface area contributed by atoms with Crippen LogP contribution in [-0.4, -0.2) is 27.1 Å². The summed E-state index contributed by atoms with van der Waals surface area (Å²) in [4.78, 5) is 13.0. The summed E-state index contributed by atoms with van der Waals surface area (Å²) in [7, 11) is 4.67. The van der Waals surface area contributed by atoms with Crippen LogP contribution >= 0.6 is 11.3 Å². The lowest BCUT2D eigenvalue weighted by Gasteiger charge is -2.08. The Bertz CT molecular complexity index is 589. The normalized spacial score (nSPS) is 10.1. The fourth-order valence-corrected chi connectivity index (χ4v) is 2.48. The van der Waals surface area contributed by atoms with Gasteiger partial charge in [0.15, 0.2) is 0 Å². The Morgan fingerprint density at radius 2 is 1.74 bits per heavy atom. The molecule has 0 aliphatic rings. The topological polar surface area (TPSA) is 44.8 Å². The van der Waals surface area contributed by atoms with Crippen LogP contribution in [0.25, 0.3) is 0 Å². The van der Waals surface area contributed by atoms with Crippen LogP contribution in [0, 0.1) is 0 Å². The molecule has 0 saturated heterocycles. The van der Waals surface area contributed by atoms with Crippen LogP contribution in [-0.2, 0) is 0 Å². The minimum absolute atomic E-state index is 0.107. The van der Waals surface area contributed by atoms with E-state index in [1.165, 1.54) is 18.4 Å². The summed E-state index contributed by atoms with van der Waals surface area (Å²) in [5.74, 6) is 1.71. The third-order valence-electron chi connectivity index (χ3n) is 2.69. The van der Waals surface area contributed by atoms with Crippen molar-refractivity contribution in [2.45, 2.75) is 0 Å². The zero-order valence-corrected chi connectivity index (χ0v) is 11.7. The van der Waals surface area contributed by atoms with Crippen LogP contribution in [0.5, 0.6) is 17.2 Å². The first-order valence-corrected chi connectivity index (χ1v) is 6.46. The van der Waals surface area contributed by atoms with Crippen molar-refractivity contribution in [1.82, 2.24) is 0 Å². The number of ketones is 1. The number of carbonyl (C=O) groups excluding carboxylic acids is 1. The fourth-order valence-electron chi connectivity index (χ4n) is 1.67. The van der Waals surface area contributed by atoms with Crippen molar-refractivity contribution in [2.24, 2.45) is 0 Å². The molecule has 4 nitrogen and oxygen atoms in total. The van der Waals surface area contributed by atoms with E-state index in [1.807, 2.05) is 0 Å². The van der Waals surface area contributed by atoms with Crippen molar-refractivity contribution in [1.29, 1.82) is 0 Å². The summed E-state index contributed by atoms with van der Waals surface area (Å²) in [5.41, 5.74) is 0.478. The second kappa shape index (κ2) is 5.75. The lowest BCUT2D eigenvalue weighted by molar-refractivity contribution is 0.103. The van der Waals surface area contributed by atoms with Gasteiger partial charge in [-0.25, -0.2) is 0 Å². The molecule has 5 heteroatoms. The second-order valence-corrected chi connectivity index (χ2v) is 4.66. The summed E-state index contributed by atoms with van der Waals surface area (Å²) in [6, 6.07) is 6.86.